The molecule has 2 rings (SSSR count). The second kappa shape index (κ2) is 3.59. The lowest BCUT2D eigenvalue weighted by Crippen LogP contribution is -2.46. The zero-order valence-electron chi connectivity index (χ0n) is 8.17. The summed E-state index contributed by atoms with van der Waals surface area (Å²) in [5, 5.41) is 2.68. The molecule has 1 heterocycles. The van der Waals surface area contributed by atoms with E-state index < -0.39 is 11.6 Å². The second-order valence-corrected chi connectivity index (χ2v) is 4.15. The van der Waals surface area contributed by atoms with Crippen molar-refractivity contribution in [3.63, 3.8) is 0 Å². The van der Waals surface area contributed by atoms with Gasteiger partial charge in [-0.15, -0.1) is 0 Å². The number of carbonyl (C=O) groups is 2. The van der Waals surface area contributed by atoms with Crippen LogP contribution in [-0.2, 0) is 9.53 Å². The van der Waals surface area contributed by atoms with Crippen LogP contribution >= 0.6 is 0 Å². The van der Waals surface area contributed by atoms with Crippen molar-refractivity contribution in [3.8, 4) is 0 Å². The van der Waals surface area contributed by atoms with Crippen molar-refractivity contribution >= 4 is 12.1 Å². The molecule has 4 heteroatoms. The highest BCUT2D eigenvalue weighted by molar-refractivity contribution is 5.98. The first-order valence-electron chi connectivity index (χ1n) is 5.27. The highest BCUT2D eigenvalue weighted by Crippen LogP contribution is 2.30. The van der Waals surface area contributed by atoms with Gasteiger partial charge < -0.3 is 10.1 Å². The highest BCUT2D eigenvalue weighted by atomic mass is 16.6. The molecule has 0 unspecified atom stereocenters. The van der Waals surface area contributed by atoms with Crippen LogP contribution in [0.5, 0.6) is 0 Å². The number of cyclic esters (lactones) is 2. The Kier molecular flexibility index (Phi) is 2.44. The van der Waals surface area contributed by atoms with Gasteiger partial charge in [-0.3, -0.25) is 0 Å². The van der Waals surface area contributed by atoms with E-state index in [4.69, 9.17) is 0 Å². The summed E-state index contributed by atoms with van der Waals surface area (Å²) in [6.07, 6.45) is 6.41. The van der Waals surface area contributed by atoms with E-state index >= 15 is 0 Å². The number of nitrogens with one attached hydrogen (secondary N) is 1. The summed E-state index contributed by atoms with van der Waals surface area (Å²) in [5.74, 6) is -0.371. The first-order valence-corrected chi connectivity index (χ1v) is 5.27. The maximum Gasteiger partial charge on any atom is 0.415 e. The molecule has 1 N–H and O–H groups in total. The summed E-state index contributed by atoms with van der Waals surface area (Å²) >= 11 is 0. The first kappa shape index (κ1) is 9.49. The van der Waals surface area contributed by atoms with Gasteiger partial charge in [0.15, 0.2) is 0 Å². The van der Waals surface area contributed by atoms with E-state index in [-0.39, 0.29) is 5.97 Å². The number of amides is 1. The molecule has 2 aliphatic rings. The molecule has 1 saturated heterocycles. The van der Waals surface area contributed by atoms with Crippen LogP contribution in [0.4, 0.5) is 4.79 Å². The average Bonchev–Trinajstić information content (AvgIpc) is 2.36. The number of rotatable bonds is 0. The van der Waals surface area contributed by atoms with Crippen molar-refractivity contribution < 1.29 is 14.3 Å². The number of carbonyl (C=O) groups excluding carboxylic acids is 2. The SMILES string of the molecule is O=C1NC2(CCCCCCC2)C(=O)O1. The topological polar surface area (TPSA) is 55.4 Å². The van der Waals surface area contributed by atoms with E-state index in [9.17, 15) is 9.59 Å². The van der Waals surface area contributed by atoms with Gasteiger partial charge in [-0.25, -0.2) is 9.59 Å². The Morgan fingerprint density at radius 3 is 2.07 bits per heavy atom. The summed E-state index contributed by atoms with van der Waals surface area (Å²) in [7, 11) is 0. The maximum atomic E-state index is 11.5. The standard InChI is InChI=1S/C10H15NO3/c12-8-10(11-9(13)14-8)6-4-2-1-3-5-7-10/h1-7H2,(H,11,13). The molecule has 1 aliphatic heterocycles. The molecule has 0 aromatic heterocycles. The molecule has 78 valence electrons. The Morgan fingerprint density at radius 2 is 1.57 bits per heavy atom. The van der Waals surface area contributed by atoms with Gasteiger partial charge in [0, 0.05) is 0 Å². The molecule has 4 nitrogen and oxygen atoms in total. The van der Waals surface area contributed by atoms with E-state index in [0.29, 0.717) is 0 Å². The van der Waals surface area contributed by atoms with E-state index in [1.807, 2.05) is 0 Å². The normalized spacial score (nSPS) is 26.6. The van der Waals surface area contributed by atoms with Crippen LogP contribution in [0.3, 0.4) is 0 Å². The third-order valence-electron chi connectivity index (χ3n) is 3.12. The van der Waals surface area contributed by atoms with E-state index in [1.54, 1.807) is 0 Å². The maximum absolute atomic E-state index is 11.5. The van der Waals surface area contributed by atoms with E-state index in [1.165, 1.54) is 6.42 Å². The Labute approximate surface area is 83.0 Å². The van der Waals surface area contributed by atoms with Crippen molar-refractivity contribution in [2.24, 2.45) is 0 Å². The quantitative estimate of drug-likeness (QED) is 0.475. The molecule has 0 bridgehead atoms. The number of esters is 1. The van der Waals surface area contributed by atoms with Crippen molar-refractivity contribution in [3.05, 3.63) is 0 Å². The molecule has 0 aromatic rings. The van der Waals surface area contributed by atoms with Crippen LogP contribution in [0.2, 0.25) is 0 Å². The van der Waals surface area contributed by atoms with E-state index in [2.05, 4.69) is 10.1 Å². The van der Waals surface area contributed by atoms with Gasteiger partial charge in [0.1, 0.15) is 5.54 Å². The van der Waals surface area contributed by atoms with Gasteiger partial charge in [-0.05, 0) is 12.8 Å². The van der Waals surface area contributed by atoms with Gasteiger partial charge in [0.05, 0.1) is 0 Å². The molecular formula is C10H15NO3. The molecule has 1 saturated carbocycles. The molecule has 0 atom stereocenters. The molecule has 0 aromatic carbocycles. The van der Waals surface area contributed by atoms with Crippen molar-refractivity contribution in [1.29, 1.82) is 0 Å². The molecule has 2 fully saturated rings. The lowest BCUT2D eigenvalue weighted by Gasteiger charge is -2.26. The Hall–Kier alpha value is -1.06. The van der Waals surface area contributed by atoms with Crippen LogP contribution in [0.1, 0.15) is 44.9 Å². The van der Waals surface area contributed by atoms with Crippen LogP contribution in [-0.4, -0.2) is 17.6 Å². The fourth-order valence-corrected chi connectivity index (χ4v) is 2.29. The van der Waals surface area contributed by atoms with Crippen molar-refractivity contribution in [1.82, 2.24) is 5.32 Å². The average molecular weight is 197 g/mol. The Balaban J connectivity index is 2.11. The van der Waals surface area contributed by atoms with Crippen LogP contribution in [0.25, 0.3) is 0 Å². The Bertz CT molecular complexity index is 254. The number of hydrogen-bond donors (Lipinski definition) is 1. The molecule has 1 amide bonds. The van der Waals surface area contributed by atoms with Gasteiger partial charge in [0.25, 0.3) is 0 Å². The lowest BCUT2D eigenvalue weighted by atomic mass is 9.84. The predicted octanol–water partition coefficient (Wildman–Crippen LogP) is 1.74. The monoisotopic (exact) mass is 197 g/mol. The predicted molar refractivity (Wildman–Crippen MR) is 49.7 cm³/mol. The van der Waals surface area contributed by atoms with Crippen molar-refractivity contribution in [2.75, 3.05) is 0 Å². The third kappa shape index (κ3) is 1.61. The summed E-state index contributed by atoms with van der Waals surface area (Å²) in [6.45, 7) is 0. The van der Waals surface area contributed by atoms with Gasteiger partial charge in [0.2, 0.25) is 0 Å². The van der Waals surface area contributed by atoms with Crippen LogP contribution in [0, 0.1) is 0 Å². The first-order chi connectivity index (χ1) is 6.73. The second-order valence-electron chi connectivity index (χ2n) is 4.15. The minimum Gasteiger partial charge on any atom is -0.374 e. The third-order valence-corrected chi connectivity index (χ3v) is 3.12. The Morgan fingerprint density at radius 1 is 1.00 bits per heavy atom. The summed E-state index contributed by atoms with van der Waals surface area (Å²) < 4.78 is 4.56. The molecule has 14 heavy (non-hydrogen) atoms. The number of ether oxygens (including phenoxy) is 1. The summed E-state index contributed by atoms with van der Waals surface area (Å²) in [5.41, 5.74) is -0.683. The van der Waals surface area contributed by atoms with E-state index in [0.717, 1.165) is 38.5 Å². The zero-order valence-corrected chi connectivity index (χ0v) is 8.17. The van der Waals surface area contributed by atoms with Gasteiger partial charge in [-0.1, -0.05) is 32.1 Å². The minimum absolute atomic E-state index is 0.371. The van der Waals surface area contributed by atoms with Crippen LogP contribution in [0.15, 0.2) is 0 Å². The highest BCUT2D eigenvalue weighted by Gasteiger charge is 2.47. The van der Waals surface area contributed by atoms with Gasteiger partial charge >= 0.3 is 12.1 Å². The minimum atomic E-state index is -0.683. The molecule has 1 spiro atoms. The summed E-state index contributed by atoms with van der Waals surface area (Å²) in [4.78, 5) is 22.5. The smallest absolute Gasteiger partial charge is 0.374 e. The number of alkyl carbamates (subject to hydrolysis) is 1. The fourth-order valence-electron chi connectivity index (χ4n) is 2.29. The van der Waals surface area contributed by atoms with Crippen molar-refractivity contribution in [2.45, 2.75) is 50.5 Å². The summed E-state index contributed by atoms with van der Waals surface area (Å²) in [6, 6.07) is 0. The molecular weight excluding hydrogens is 182 g/mol. The molecule has 1 aliphatic carbocycles. The lowest BCUT2D eigenvalue weighted by molar-refractivity contribution is -0.140. The molecule has 0 radical (unpaired) electrons. The zero-order chi connectivity index (χ0) is 10.0. The van der Waals surface area contributed by atoms with Crippen LogP contribution < -0.4 is 5.32 Å². The largest absolute Gasteiger partial charge is 0.415 e. The fraction of sp³-hybridized carbons (Fsp3) is 0.800. The van der Waals surface area contributed by atoms with Gasteiger partial charge in [-0.2, -0.15) is 0 Å². The number of hydrogen-bond acceptors (Lipinski definition) is 3.